The highest BCUT2D eigenvalue weighted by atomic mass is 16.6. The van der Waals surface area contributed by atoms with E-state index in [-0.39, 0.29) is 12.1 Å². The highest BCUT2D eigenvalue weighted by molar-refractivity contribution is 6.09. The average Bonchev–Trinajstić information content (AvgIpc) is 2.90. The standard InChI is InChI=1S/C27H34N6O4/c1-17-13-23(36-3)29-15-21(17)24-27(37-26(35)32-31-24)9-6-19(7-10-27)14-18(2)30-25(34)33-12-8-22-20(16-33)5-4-11-28-22/h4-5,11,13,15,18-19H,6-10,12,14,16H2,1-3H3,(H,30,34)(H,32,35)/t18-,19?,27?/m0/s1. The fraction of sp³-hybridized carbons (Fsp3) is 0.519. The van der Waals surface area contributed by atoms with E-state index in [1.165, 1.54) is 0 Å². The summed E-state index contributed by atoms with van der Waals surface area (Å²) < 4.78 is 11.1. The lowest BCUT2D eigenvalue weighted by Gasteiger charge is -2.42. The highest BCUT2D eigenvalue weighted by Gasteiger charge is 2.47. The van der Waals surface area contributed by atoms with Crippen molar-refractivity contribution in [1.29, 1.82) is 0 Å². The molecule has 1 atom stereocenters. The number of nitrogens with one attached hydrogen (secondary N) is 2. The lowest BCUT2D eigenvalue weighted by molar-refractivity contribution is 0.0154. The minimum atomic E-state index is -0.776. The number of aryl methyl sites for hydroxylation is 1. The molecule has 1 aliphatic carbocycles. The number of hydrazone groups is 1. The molecular formula is C27H34N6O4. The third-order valence-electron chi connectivity index (χ3n) is 7.75. The second-order valence-corrected chi connectivity index (χ2v) is 10.3. The summed E-state index contributed by atoms with van der Waals surface area (Å²) >= 11 is 0. The third kappa shape index (κ3) is 5.23. The van der Waals surface area contributed by atoms with E-state index in [1.807, 2.05) is 30.0 Å². The topological polar surface area (TPSA) is 118 Å². The number of hydrogen-bond donors (Lipinski definition) is 2. The molecule has 1 spiro atoms. The van der Waals surface area contributed by atoms with Crippen LogP contribution in [0.2, 0.25) is 0 Å². The van der Waals surface area contributed by atoms with Gasteiger partial charge in [0.2, 0.25) is 5.88 Å². The molecule has 1 saturated carbocycles. The summed E-state index contributed by atoms with van der Waals surface area (Å²) in [4.78, 5) is 35.7. The first-order valence-electron chi connectivity index (χ1n) is 12.9. The molecule has 2 aromatic heterocycles. The van der Waals surface area contributed by atoms with Crippen LogP contribution in [0.15, 0.2) is 35.7 Å². The number of amides is 3. The predicted octanol–water partition coefficient (Wildman–Crippen LogP) is 3.71. The average molecular weight is 507 g/mol. The van der Waals surface area contributed by atoms with E-state index in [2.05, 4.69) is 32.7 Å². The minimum Gasteiger partial charge on any atom is -0.481 e. The summed E-state index contributed by atoms with van der Waals surface area (Å²) in [5.74, 6) is 0.943. The van der Waals surface area contributed by atoms with Crippen molar-refractivity contribution < 1.29 is 19.1 Å². The third-order valence-corrected chi connectivity index (χ3v) is 7.75. The Balaban J connectivity index is 1.19. The van der Waals surface area contributed by atoms with E-state index < -0.39 is 11.7 Å². The number of urea groups is 1. The normalized spacial score (nSPS) is 23.9. The Morgan fingerprint density at radius 2 is 2.16 bits per heavy atom. The molecule has 5 rings (SSSR count). The summed E-state index contributed by atoms with van der Waals surface area (Å²) in [6.07, 6.45) is 7.75. The number of rotatable bonds is 5. The molecule has 10 heteroatoms. The minimum absolute atomic E-state index is 0.0292. The summed E-state index contributed by atoms with van der Waals surface area (Å²) in [7, 11) is 1.58. The zero-order valence-electron chi connectivity index (χ0n) is 21.6. The number of nitrogens with zero attached hydrogens (tertiary/aromatic N) is 4. The molecule has 0 unspecified atom stereocenters. The van der Waals surface area contributed by atoms with Crippen LogP contribution in [0.4, 0.5) is 9.59 Å². The van der Waals surface area contributed by atoms with Crippen LogP contribution in [0.1, 0.15) is 61.4 Å². The Morgan fingerprint density at radius 1 is 1.35 bits per heavy atom. The maximum absolute atomic E-state index is 12.9. The molecule has 4 heterocycles. The molecule has 0 aromatic carbocycles. The second kappa shape index (κ2) is 10.4. The molecule has 196 valence electrons. The van der Waals surface area contributed by atoms with Gasteiger partial charge in [-0.2, -0.15) is 5.10 Å². The van der Waals surface area contributed by atoms with Crippen molar-refractivity contribution in [2.24, 2.45) is 11.0 Å². The van der Waals surface area contributed by atoms with Crippen LogP contribution in [0.3, 0.4) is 0 Å². The summed E-state index contributed by atoms with van der Waals surface area (Å²) in [5, 5.41) is 7.60. The smallest absolute Gasteiger partial charge is 0.428 e. The van der Waals surface area contributed by atoms with Gasteiger partial charge in [-0.05, 0) is 69.1 Å². The Bertz CT molecular complexity index is 1210. The summed E-state index contributed by atoms with van der Waals surface area (Å²) in [6, 6.07) is 5.82. The zero-order chi connectivity index (χ0) is 26.0. The van der Waals surface area contributed by atoms with Crippen molar-refractivity contribution in [3.63, 3.8) is 0 Å². The van der Waals surface area contributed by atoms with Crippen LogP contribution in [0.5, 0.6) is 5.88 Å². The zero-order valence-corrected chi connectivity index (χ0v) is 21.6. The first-order chi connectivity index (χ1) is 17.9. The van der Waals surface area contributed by atoms with E-state index in [4.69, 9.17) is 9.47 Å². The van der Waals surface area contributed by atoms with Crippen molar-refractivity contribution in [3.8, 4) is 5.88 Å². The lowest BCUT2D eigenvalue weighted by Crippen LogP contribution is -2.53. The van der Waals surface area contributed by atoms with E-state index in [0.717, 1.165) is 48.1 Å². The van der Waals surface area contributed by atoms with Crippen LogP contribution in [0, 0.1) is 12.8 Å². The molecule has 1 fully saturated rings. The maximum Gasteiger partial charge on any atom is 0.428 e. The van der Waals surface area contributed by atoms with E-state index >= 15 is 0 Å². The fourth-order valence-corrected chi connectivity index (χ4v) is 5.77. The molecule has 2 aliphatic heterocycles. The molecule has 2 aromatic rings. The van der Waals surface area contributed by atoms with Gasteiger partial charge in [-0.3, -0.25) is 4.98 Å². The Morgan fingerprint density at radius 3 is 2.92 bits per heavy atom. The highest BCUT2D eigenvalue weighted by Crippen LogP contribution is 2.41. The summed E-state index contributed by atoms with van der Waals surface area (Å²) in [5.41, 5.74) is 6.40. The van der Waals surface area contributed by atoms with Crippen molar-refractivity contribution in [1.82, 2.24) is 25.6 Å². The number of ether oxygens (including phenoxy) is 2. The van der Waals surface area contributed by atoms with Gasteiger partial charge < -0.3 is 19.7 Å². The first-order valence-corrected chi connectivity index (χ1v) is 12.9. The Kier molecular flexibility index (Phi) is 6.99. The first kappa shape index (κ1) is 25.0. The van der Waals surface area contributed by atoms with Crippen LogP contribution < -0.4 is 15.5 Å². The van der Waals surface area contributed by atoms with Crippen LogP contribution >= 0.6 is 0 Å². The number of fused-ring (bicyclic) bond motifs is 1. The number of methoxy groups -OCH3 is 1. The van der Waals surface area contributed by atoms with E-state index in [0.29, 0.717) is 43.4 Å². The number of hydrogen-bond acceptors (Lipinski definition) is 7. The Hall–Kier alpha value is -3.69. The van der Waals surface area contributed by atoms with Crippen molar-refractivity contribution in [2.75, 3.05) is 13.7 Å². The van der Waals surface area contributed by atoms with Gasteiger partial charge in [0.05, 0.1) is 7.11 Å². The van der Waals surface area contributed by atoms with Crippen LogP contribution in [-0.2, 0) is 17.7 Å². The van der Waals surface area contributed by atoms with Crippen molar-refractivity contribution in [2.45, 2.75) is 70.6 Å². The second-order valence-electron chi connectivity index (χ2n) is 10.3. The van der Waals surface area contributed by atoms with Gasteiger partial charge in [-0.1, -0.05) is 6.07 Å². The molecule has 37 heavy (non-hydrogen) atoms. The molecule has 0 bridgehead atoms. The van der Waals surface area contributed by atoms with Crippen molar-refractivity contribution >= 4 is 17.8 Å². The molecule has 2 N–H and O–H groups in total. The number of aromatic nitrogens is 2. The van der Waals surface area contributed by atoms with E-state index in [9.17, 15) is 9.59 Å². The molecule has 3 aliphatic rings. The fourth-order valence-electron chi connectivity index (χ4n) is 5.77. The largest absolute Gasteiger partial charge is 0.481 e. The monoisotopic (exact) mass is 506 g/mol. The van der Waals surface area contributed by atoms with Gasteiger partial charge in [0, 0.05) is 55.3 Å². The van der Waals surface area contributed by atoms with Gasteiger partial charge in [0.15, 0.2) is 5.60 Å². The SMILES string of the molecule is COc1cc(C)c(C2=NNC(=O)OC23CCC(C[C@H](C)NC(=O)N2CCc4ncccc4C2)CC3)cn1. The number of pyridine rings is 2. The molecule has 0 radical (unpaired) electrons. The molecule has 0 saturated heterocycles. The predicted molar refractivity (Wildman–Crippen MR) is 137 cm³/mol. The molecular weight excluding hydrogens is 472 g/mol. The van der Waals surface area contributed by atoms with Gasteiger partial charge in [0.1, 0.15) is 5.71 Å². The van der Waals surface area contributed by atoms with Crippen molar-refractivity contribution in [3.05, 3.63) is 53.0 Å². The van der Waals surface area contributed by atoms with Gasteiger partial charge >= 0.3 is 12.1 Å². The maximum atomic E-state index is 12.9. The van der Waals surface area contributed by atoms with Crippen LogP contribution in [-0.4, -0.2) is 58.0 Å². The quantitative estimate of drug-likeness (QED) is 0.638. The number of carbonyl (C=O) groups is 2. The summed E-state index contributed by atoms with van der Waals surface area (Å²) in [6.45, 7) is 5.30. The molecule has 3 amide bonds. The van der Waals surface area contributed by atoms with Gasteiger partial charge in [-0.15, -0.1) is 0 Å². The molecule has 10 nitrogen and oxygen atoms in total. The number of carbonyl (C=O) groups excluding carboxylic acids is 2. The van der Waals surface area contributed by atoms with Crippen LogP contribution in [0.25, 0.3) is 0 Å². The van der Waals surface area contributed by atoms with Gasteiger partial charge in [-0.25, -0.2) is 20.0 Å². The Labute approximate surface area is 216 Å². The van der Waals surface area contributed by atoms with E-state index in [1.54, 1.807) is 19.5 Å². The lowest BCUT2D eigenvalue weighted by atomic mass is 9.72. The van der Waals surface area contributed by atoms with Gasteiger partial charge in [0.25, 0.3) is 0 Å².